The fourth-order valence-electron chi connectivity index (χ4n) is 3.85. The minimum Gasteiger partial charge on any atom is -0.478 e. The van der Waals surface area contributed by atoms with Gasteiger partial charge in [-0.2, -0.15) is 0 Å². The van der Waals surface area contributed by atoms with Crippen LogP contribution in [0.2, 0.25) is 0 Å². The Morgan fingerprint density at radius 3 is 2.71 bits per heavy atom. The summed E-state index contributed by atoms with van der Waals surface area (Å²) in [6, 6.07) is 8.81. The molecule has 1 atom stereocenters. The number of piperidine rings is 1. The van der Waals surface area contributed by atoms with Gasteiger partial charge in [-0.15, -0.1) is 0 Å². The molecule has 1 amide bonds. The van der Waals surface area contributed by atoms with Gasteiger partial charge in [0.1, 0.15) is 5.52 Å². The molecule has 144 valence electrons. The molecule has 1 aromatic carbocycles. The maximum atomic E-state index is 13.0. The van der Waals surface area contributed by atoms with Crippen molar-refractivity contribution in [2.24, 2.45) is 13.0 Å². The molecule has 0 unspecified atom stereocenters. The minimum atomic E-state index is -0.917. The van der Waals surface area contributed by atoms with Crippen LogP contribution in [0.1, 0.15) is 39.1 Å². The van der Waals surface area contributed by atoms with E-state index in [-0.39, 0.29) is 5.91 Å². The van der Waals surface area contributed by atoms with E-state index in [1.807, 2.05) is 28.6 Å². The van der Waals surface area contributed by atoms with Gasteiger partial charge in [-0.3, -0.25) is 4.79 Å². The molecule has 0 saturated carbocycles. The second kappa shape index (κ2) is 7.42. The molecule has 2 aromatic heterocycles. The van der Waals surface area contributed by atoms with E-state index in [9.17, 15) is 9.59 Å². The molecule has 7 nitrogen and oxygen atoms in total. The molecule has 1 saturated heterocycles. The van der Waals surface area contributed by atoms with Crippen molar-refractivity contribution in [1.82, 2.24) is 19.4 Å². The van der Waals surface area contributed by atoms with Gasteiger partial charge in [0.15, 0.2) is 5.65 Å². The van der Waals surface area contributed by atoms with Gasteiger partial charge in [-0.25, -0.2) is 14.8 Å². The van der Waals surface area contributed by atoms with Crippen LogP contribution in [0.5, 0.6) is 0 Å². The number of rotatable bonds is 4. The van der Waals surface area contributed by atoms with E-state index in [2.05, 4.69) is 9.97 Å². The van der Waals surface area contributed by atoms with E-state index in [0.29, 0.717) is 23.6 Å². The number of carboxylic acids is 1. The summed E-state index contributed by atoms with van der Waals surface area (Å²) in [6.07, 6.45) is 6.17. The minimum absolute atomic E-state index is 0.00835. The van der Waals surface area contributed by atoms with Crippen molar-refractivity contribution in [3.63, 3.8) is 0 Å². The highest BCUT2D eigenvalue weighted by molar-refractivity contribution is 5.96. The molecule has 0 aliphatic carbocycles. The lowest BCUT2D eigenvalue weighted by Crippen LogP contribution is -2.40. The lowest BCUT2D eigenvalue weighted by molar-refractivity contribution is 0.0669. The fraction of sp³-hybridized carbons (Fsp3) is 0.333. The smallest absolute Gasteiger partial charge is 0.335 e. The summed E-state index contributed by atoms with van der Waals surface area (Å²) in [4.78, 5) is 34.5. The third-order valence-corrected chi connectivity index (χ3v) is 5.33. The molecule has 0 spiro atoms. The van der Waals surface area contributed by atoms with E-state index >= 15 is 0 Å². The van der Waals surface area contributed by atoms with Crippen molar-refractivity contribution in [2.75, 3.05) is 13.1 Å². The van der Waals surface area contributed by atoms with Crippen molar-refractivity contribution in [2.45, 2.75) is 19.3 Å². The number of hydrogen-bond acceptors (Lipinski definition) is 4. The van der Waals surface area contributed by atoms with Gasteiger partial charge >= 0.3 is 5.97 Å². The molecule has 4 rings (SSSR count). The Balaban J connectivity index is 1.44. The molecule has 7 heteroatoms. The Bertz CT molecular complexity index is 1030. The van der Waals surface area contributed by atoms with E-state index < -0.39 is 5.97 Å². The summed E-state index contributed by atoms with van der Waals surface area (Å²) >= 11 is 0. The van der Waals surface area contributed by atoms with Crippen molar-refractivity contribution in [3.8, 4) is 0 Å². The number of benzene rings is 1. The maximum absolute atomic E-state index is 13.0. The van der Waals surface area contributed by atoms with Gasteiger partial charge in [-0.1, -0.05) is 12.1 Å². The quantitative estimate of drug-likeness (QED) is 0.754. The van der Waals surface area contributed by atoms with Crippen LogP contribution in [0, 0.1) is 5.92 Å². The van der Waals surface area contributed by atoms with E-state index in [0.717, 1.165) is 42.5 Å². The highest BCUT2D eigenvalue weighted by Gasteiger charge is 2.25. The van der Waals surface area contributed by atoms with Crippen LogP contribution in [-0.4, -0.2) is 49.5 Å². The zero-order chi connectivity index (χ0) is 19.7. The van der Waals surface area contributed by atoms with Gasteiger partial charge in [0.25, 0.3) is 5.91 Å². The van der Waals surface area contributed by atoms with E-state index in [1.165, 1.54) is 0 Å². The molecule has 1 aliphatic heterocycles. The first-order valence-electron chi connectivity index (χ1n) is 9.40. The first kappa shape index (κ1) is 18.2. The zero-order valence-electron chi connectivity index (χ0n) is 15.7. The van der Waals surface area contributed by atoms with Crippen molar-refractivity contribution < 1.29 is 14.7 Å². The molecule has 0 bridgehead atoms. The molecule has 3 aromatic rings. The van der Waals surface area contributed by atoms with Gasteiger partial charge in [0, 0.05) is 26.3 Å². The van der Waals surface area contributed by atoms with Crippen LogP contribution < -0.4 is 0 Å². The first-order valence-corrected chi connectivity index (χ1v) is 9.40. The van der Waals surface area contributed by atoms with Gasteiger partial charge in [-0.05, 0) is 48.9 Å². The average Bonchev–Trinajstić information content (AvgIpc) is 3.08. The second-order valence-corrected chi connectivity index (χ2v) is 7.39. The molecular formula is C21H22N4O3. The molecule has 1 aliphatic rings. The van der Waals surface area contributed by atoms with Crippen molar-refractivity contribution in [3.05, 3.63) is 59.5 Å². The lowest BCUT2D eigenvalue weighted by atomic mass is 9.90. The first-order chi connectivity index (χ1) is 13.5. The molecular weight excluding hydrogens is 356 g/mol. The summed E-state index contributed by atoms with van der Waals surface area (Å²) in [6.45, 7) is 1.44. The number of carboxylic acid groups (broad SMARTS) is 1. The molecule has 1 fully saturated rings. The summed E-state index contributed by atoms with van der Waals surface area (Å²) in [5, 5.41) is 9.01. The van der Waals surface area contributed by atoms with E-state index in [4.69, 9.17) is 5.11 Å². The fourth-order valence-corrected chi connectivity index (χ4v) is 3.85. The standard InChI is InChI=1S/C21H22N4O3/c1-24-13-23-18-10-17(11-22-19(18)24)20(26)25-8-2-3-15(12-25)9-14-4-6-16(7-5-14)21(27)28/h4-7,10-11,13,15H,2-3,8-9,12H2,1H3,(H,27,28)/t15-/m0/s1. The number of amides is 1. The van der Waals surface area contributed by atoms with Gasteiger partial charge in [0.2, 0.25) is 0 Å². The number of aromatic nitrogens is 3. The Morgan fingerprint density at radius 2 is 1.96 bits per heavy atom. The number of pyridine rings is 1. The summed E-state index contributed by atoms with van der Waals surface area (Å²) in [7, 11) is 1.88. The van der Waals surface area contributed by atoms with Crippen LogP contribution in [0.15, 0.2) is 42.9 Å². The highest BCUT2D eigenvalue weighted by Crippen LogP contribution is 2.23. The van der Waals surface area contributed by atoms with Crippen LogP contribution in [0.4, 0.5) is 0 Å². The number of carbonyl (C=O) groups is 2. The molecule has 1 N–H and O–H groups in total. The third-order valence-electron chi connectivity index (χ3n) is 5.33. The predicted octanol–water partition coefficient (Wildman–Crippen LogP) is 2.76. The Hall–Kier alpha value is -3.22. The average molecular weight is 378 g/mol. The molecule has 3 heterocycles. The van der Waals surface area contributed by atoms with E-state index in [1.54, 1.807) is 30.7 Å². The molecule has 0 radical (unpaired) electrons. The number of likely N-dealkylation sites (tertiary alicyclic amines) is 1. The number of aryl methyl sites for hydroxylation is 1. The third kappa shape index (κ3) is 3.60. The second-order valence-electron chi connectivity index (χ2n) is 7.39. The SMILES string of the molecule is Cn1cnc2cc(C(=O)N3CCC[C@@H](Cc4ccc(C(=O)O)cc4)C3)cnc21. The largest absolute Gasteiger partial charge is 0.478 e. The summed E-state index contributed by atoms with van der Waals surface area (Å²) in [5.74, 6) is -0.564. The monoisotopic (exact) mass is 378 g/mol. The van der Waals surface area contributed by atoms with Crippen LogP contribution in [0.25, 0.3) is 11.2 Å². The van der Waals surface area contributed by atoms with Gasteiger partial charge in [0.05, 0.1) is 17.5 Å². The Morgan fingerprint density at radius 1 is 1.18 bits per heavy atom. The number of carbonyl (C=O) groups excluding carboxylic acids is 1. The predicted molar refractivity (Wildman–Crippen MR) is 104 cm³/mol. The van der Waals surface area contributed by atoms with Crippen LogP contribution in [0.3, 0.4) is 0 Å². The van der Waals surface area contributed by atoms with Crippen molar-refractivity contribution in [1.29, 1.82) is 0 Å². The number of aromatic carboxylic acids is 1. The lowest BCUT2D eigenvalue weighted by Gasteiger charge is -2.33. The molecule has 28 heavy (non-hydrogen) atoms. The van der Waals surface area contributed by atoms with Gasteiger partial charge < -0.3 is 14.6 Å². The number of imidazole rings is 1. The highest BCUT2D eigenvalue weighted by atomic mass is 16.4. The number of hydrogen-bond donors (Lipinski definition) is 1. The Kier molecular flexibility index (Phi) is 4.81. The zero-order valence-corrected chi connectivity index (χ0v) is 15.7. The normalized spacial score (nSPS) is 17.0. The van der Waals surface area contributed by atoms with Crippen LogP contribution >= 0.6 is 0 Å². The summed E-state index contributed by atoms with van der Waals surface area (Å²) in [5.41, 5.74) is 3.44. The topological polar surface area (TPSA) is 88.3 Å². The Labute approximate surface area is 162 Å². The number of fused-ring (bicyclic) bond motifs is 1. The number of nitrogens with zero attached hydrogens (tertiary/aromatic N) is 4. The van der Waals surface area contributed by atoms with Crippen LogP contribution in [-0.2, 0) is 13.5 Å². The maximum Gasteiger partial charge on any atom is 0.335 e. The van der Waals surface area contributed by atoms with Crippen molar-refractivity contribution >= 4 is 23.0 Å². The summed E-state index contributed by atoms with van der Waals surface area (Å²) < 4.78 is 1.83.